The van der Waals surface area contributed by atoms with E-state index in [2.05, 4.69) is 10.3 Å². The standard InChI is InChI=1S/C21H17N3O4/c25-20(15-7-3-1-4-8-15)24-13-14-27-19-18(24)17(11-12-22-19)23-21(26)28-16-9-5-2-6-10-16/h1-12H,13-14H2,(H,22,23,26). The average Bonchev–Trinajstić information content (AvgIpc) is 2.74. The summed E-state index contributed by atoms with van der Waals surface area (Å²) in [4.78, 5) is 31.1. The van der Waals surface area contributed by atoms with Crippen molar-refractivity contribution in [2.75, 3.05) is 23.4 Å². The lowest BCUT2D eigenvalue weighted by molar-refractivity contribution is 0.0975. The molecule has 4 rings (SSSR count). The molecule has 0 saturated carbocycles. The van der Waals surface area contributed by atoms with Gasteiger partial charge in [-0.2, -0.15) is 0 Å². The van der Waals surface area contributed by atoms with Gasteiger partial charge in [0.25, 0.3) is 5.91 Å². The Morgan fingerprint density at radius 2 is 1.71 bits per heavy atom. The Balaban J connectivity index is 1.61. The molecule has 0 atom stereocenters. The van der Waals surface area contributed by atoms with Crippen LogP contribution in [-0.4, -0.2) is 30.1 Å². The molecule has 0 aliphatic carbocycles. The van der Waals surface area contributed by atoms with Crippen LogP contribution in [0.25, 0.3) is 0 Å². The molecule has 7 heteroatoms. The summed E-state index contributed by atoms with van der Waals surface area (Å²) in [6.45, 7) is 0.658. The van der Waals surface area contributed by atoms with Gasteiger partial charge in [-0.05, 0) is 30.3 Å². The molecule has 0 unspecified atom stereocenters. The number of para-hydroxylation sites is 1. The van der Waals surface area contributed by atoms with Crippen LogP contribution in [0.1, 0.15) is 10.4 Å². The SMILES string of the molecule is O=C(Nc1ccnc2c1N(C(=O)c1ccccc1)CCO2)Oc1ccccc1. The van der Waals surface area contributed by atoms with Gasteiger partial charge in [0, 0.05) is 11.8 Å². The van der Waals surface area contributed by atoms with Gasteiger partial charge in [0.1, 0.15) is 18.0 Å². The first-order chi connectivity index (χ1) is 13.7. The average molecular weight is 375 g/mol. The molecule has 2 amide bonds. The van der Waals surface area contributed by atoms with E-state index >= 15 is 0 Å². The Labute approximate surface area is 161 Å². The van der Waals surface area contributed by atoms with Crippen molar-refractivity contribution in [3.8, 4) is 11.6 Å². The van der Waals surface area contributed by atoms with Crippen molar-refractivity contribution >= 4 is 23.4 Å². The molecule has 0 saturated heterocycles. The van der Waals surface area contributed by atoms with Crippen LogP contribution in [0.2, 0.25) is 0 Å². The summed E-state index contributed by atoms with van der Waals surface area (Å²) in [6, 6.07) is 19.2. The molecule has 0 bridgehead atoms. The maximum Gasteiger partial charge on any atom is 0.417 e. The largest absolute Gasteiger partial charge is 0.474 e. The Hall–Kier alpha value is -3.87. The maximum atomic E-state index is 13.0. The third-order valence-electron chi connectivity index (χ3n) is 4.17. The van der Waals surface area contributed by atoms with Crippen LogP contribution in [0, 0.1) is 0 Å². The van der Waals surface area contributed by atoms with Crippen molar-refractivity contribution in [1.82, 2.24) is 4.98 Å². The fourth-order valence-electron chi connectivity index (χ4n) is 2.92. The number of pyridine rings is 1. The van der Waals surface area contributed by atoms with Gasteiger partial charge in [-0.1, -0.05) is 36.4 Å². The summed E-state index contributed by atoms with van der Waals surface area (Å²) in [5.74, 6) is 0.502. The van der Waals surface area contributed by atoms with Gasteiger partial charge in [0.2, 0.25) is 5.88 Å². The molecule has 0 spiro atoms. The summed E-state index contributed by atoms with van der Waals surface area (Å²) in [6.07, 6.45) is 0.838. The molecule has 7 nitrogen and oxygen atoms in total. The number of carbonyl (C=O) groups is 2. The van der Waals surface area contributed by atoms with Gasteiger partial charge in [0.15, 0.2) is 0 Å². The van der Waals surface area contributed by atoms with E-state index in [1.54, 1.807) is 59.5 Å². The van der Waals surface area contributed by atoms with E-state index in [4.69, 9.17) is 9.47 Å². The summed E-state index contributed by atoms with van der Waals surface area (Å²) >= 11 is 0. The number of aromatic nitrogens is 1. The topological polar surface area (TPSA) is 80.8 Å². The summed E-state index contributed by atoms with van der Waals surface area (Å²) in [7, 11) is 0. The number of amides is 2. The van der Waals surface area contributed by atoms with Gasteiger partial charge in [-0.15, -0.1) is 0 Å². The van der Waals surface area contributed by atoms with Gasteiger partial charge in [0.05, 0.1) is 12.2 Å². The van der Waals surface area contributed by atoms with Crippen LogP contribution >= 0.6 is 0 Å². The fraction of sp³-hybridized carbons (Fsp3) is 0.0952. The van der Waals surface area contributed by atoms with Crippen molar-refractivity contribution in [2.24, 2.45) is 0 Å². The maximum absolute atomic E-state index is 13.0. The van der Waals surface area contributed by atoms with Gasteiger partial charge < -0.3 is 9.47 Å². The molecule has 1 aromatic heterocycles. The molecular formula is C21H17N3O4. The smallest absolute Gasteiger partial charge is 0.417 e. The Kier molecular flexibility index (Phi) is 4.88. The van der Waals surface area contributed by atoms with Gasteiger partial charge in [-0.25, -0.2) is 9.78 Å². The lowest BCUT2D eigenvalue weighted by Crippen LogP contribution is -2.39. The van der Waals surface area contributed by atoms with E-state index in [-0.39, 0.29) is 11.8 Å². The van der Waals surface area contributed by atoms with Gasteiger partial charge >= 0.3 is 6.09 Å². The first-order valence-corrected chi connectivity index (χ1v) is 8.75. The minimum atomic E-state index is -0.669. The minimum Gasteiger partial charge on any atom is -0.474 e. The van der Waals surface area contributed by atoms with E-state index in [1.807, 2.05) is 12.1 Å². The molecule has 28 heavy (non-hydrogen) atoms. The van der Waals surface area contributed by atoms with Crippen LogP contribution in [0.5, 0.6) is 11.6 Å². The number of ether oxygens (including phenoxy) is 2. The molecule has 2 aromatic carbocycles. The summed E-state index contributed by atoms with van der Waals surface area (Å²) in [5.41, 5.74) is 1.33. The molecule has 2 heterocycles. The van der Waals surface area contributed by atoms with E-state index in [9.17, 15) is 9.59 Å². The van der Waals surface area contributed by atoms with Crippen LogP contribution in [0.15, 0.2) is 72.9 Å². The number of hydrogen-bond acceptors (Lipinski definition) is 5. The predicted molar refractivity (Wildman–Crippen MR) is 104 cm³/mol. The van der Waals surface area contributed by atoms with Crippen molar-refractivity contribution in [3.63, 3.8) is 0 Å². The minimum absolute atomic E-state index is 0.197. The second-order valence-electron chi connectivity index (χ2n) is 6.01. The number of benzene rings is 2. The highest BCUT2D eigenvalue weighted by Crippen LogP contribution is 2.37. The molecule has 140 valence electrons. The fourth-order valence-corrected chi connectivity index (χ4v) is 2.92. The molecular weight excluding hydrogens is 358 g/mol. The van der Waals surface area contributed by atoms with Crippen LogP contribution in [0.4, 0.5) is 16.2 Å². The second kappa shape index (κ2) is 7.79. The number of rotatable bonds is 3. The lowest BCUT2D eigenvalue weighted by atomic mass is 10.1. The molecule has 1 N–H and O–H groups in total. The predicted octanol–water partition coefficient (Wildman–Crippen LogP) is 3.73. The third-order valence-corrected chi connectivity index (χ3v) is 4.17. The number of fused-ring (bicyclic) bond motifs is 1. The zero-order chi connectivity index (χ0) is 19.3. The van der Waals surface area contributed by atoms with E-state index < -0.39 is 6.09 Å². The van der Waals surface area contributed by atoms with E-state index in [0.717, 1.165) is 0 Å². The monoisotopic (exact) mass is 375 g/mol. The number of nitrogens with zero attached hydrogens (tertiary/aromatic N) is 2. The number of carbonyl (C=O) groups excluding carboxylic acids is 2. The Morgan fingerprint density at radius 3 is 2.46 bits per heavy atom. The van der Waals surface area contributed by atoms with Gasteiger partial charge in [-0.3, -0.25) is 15.0 Å². The molecule has 1 aliphatic rings. The second-order valence-corrected chi connectivity index (χ2v) is 6.01. The third kappa shape index (κ3) is 3.64. The van der Waals surface area contributed by atoms with Crippen molar-refractivity contribution in [1.29, 1.82) is 0 Å². The van der Waals surface area contributed by atoms with Crippen molar-refractivity contribution < 1.29 is 19.1 Å². The van der Waals surface area contributed by atoms with E-state index in [0.29, 0.717) is 35.8 Å². The molecule has 0 radical (unpaired) electrons. The molecule has 1 aliphatic heterocycles. The number of nitrogens with one attached hydrogen (secondary N) is 1. The van der Waals surface area contributed by atoms with Crippen LogP contribution in [-0.2, 0) is 0 Å². The highest BCUT2D eigenvalue weighted by Gasteiger charge is 2.29. The zero-order valence-electron chi connectivity index (χ0n) is 14.9. The number of anilines is 2. The normalized spacial score (nSPS) is 12.5. The zero-order valence-corrected chi connectivity index (χ0v) is 14.9. The van der Waals surface area contributed by atoms with E-state index in [1.165, 1.54) is 6.20 Å². The molecule has 3 aromatic rings. The van der Waals surface area contributed by atoms with Crippen LogP contribution in [0.3, 0.4) is 0 Å². The van der Waals surface area contributed by atoms with Crippen molar-refractivity contribution in [2.45, 2.75) is 0 Å². The first kappa shape index (κ1) is 17.5. The summed E-state index contributed by atoms with van der Waals surface area (Å²) in [5, 5.41) is 2.68. The Bertz CT molecular complexity index is 993. The lowest BCUT2D eigenvalue weighted by Gasteiger charge is -2.30. The highest BCUT2D eigenvalue weighted by atomic mass is 16.6. The Morgan fingerprint density at radius 1 is 1.00 bits per heavy atom. The number of hydrogen-bond donors (Lipinski definition) is 1. The highest BCUT2D eigenvalue weighted by molar-refractivity contribution is 6.09. The van der Waals surface area contributed by atoms with Crippen molar-refractivity contribution in [3.05, 3.63) is 78.5 Å². The summed E-state index contributed by atoms with van der Waals surface area (Å²) < 4.78 is 10.9. The molecule has 0 fully saturated rings. The van der Waals surface area contributed by atoms with Crippen LogP contribution < -0.4 is 19.7 Å². The first-order valence-electron chi connectivity index (χ1n) is 8.75. The quantitative estimate of drug-likeness (QED) is 0.754.